The molecule has 4 heteroatoms. The van der Waals surface area contributed by atoms with Crippen molar-refractivity contribution in [3.63, 3.8) is 0 Å². The van der Waals surface area contributed by atoms with Gasteiger partial charge in [-0.1, -0.05) is 26.0 Å². The maximum absolute atomic E-state index is 5.58. The van der Waals surface area contributed by atoms with Gasteiger partial charge in [0.1, 0.15) is 0 Å². The van der Waals surface area contributed by atoms with E-state index in [1.165, 1.54) is 18.4 Å². The Morgan fingerprint density at radius 1 is 1.35 bits per heavy atom. The monoisotopic (exact) mass is 292 g/mol. The first-order valence-corrected chi connectivity index (χ1v) is 7.82. The van der Waals surface area contributed by atoms with Crippen molar-refractivity contribution in [2.45, 2.75) is 45.1 Å². The minimum Gasteiger partial charge on any atom is -0.378 e. The summed E-state index contributed by atoms with van der Waals surface area (Å²) in [6.45, 7) is 6.16. The number of ether oxygens (including phenoxy) is 1. The van der Waals surface area contributed by atoms with E-state index in [0.717, 1.165) is 25.3 Å². The van der Waals surface area contributed by atoms with E-state index in [4.69, 9.17) is 17.0 Å². The molecular formula is C16H24N2OS. The molecule has 1 aliphatic heterocycles. The maximum atomic E-state index is 5.58. The van der Waals surface area contributed by atoms with Crippen LogP contribution in [0.5, 0.6) is 0 Å². The highest BCUT2D eigenvalue weighted by Crippen LogP contribution is 2.17. The van der Waals surface area contributed by atoms with E-state index in [9.17, 15) is 0 Å². The normalized spacial score (nSPS) is 18.2. The van der Waals surface area contributed by atoms with Crippen molar-refractivity contribution >= 4 is 23.0 Å². The molecule has 20 heavy (non-hydrogen) atoms. The average Bonchev–Trinajstić information content (AvgIpc) is 2.92. The molecule has 0 radical (unpaired) electrons. The van der Waals surface area contributed by atoms with Crippen LogP contribution in [0.3, 0.4) is 0 Å². The van der Waals surface area contributed by atoms with E-state index in [1.807, 2.05) is 0 Å². The predicted molar refractivity (Wildman–Crippen MR) is 88.3 cm³/mol. The first kappa shape index (κ1) is 15.3. The summed E-state index contributed by atoms with van der Waals surface area (Å²) in [6, 6.07) is 8.43. The Bertz CT molecular complexity index is 425. The molecule has 0 spiro atoms. The fraction of sp³-hybridized carbons (Fsp3) is 0.562. The van der Waals surface area contributed by atoms with Crippen LogP contribution in [0.1, 0.15) is 44.6 Å². The minimum atomic E-state index is 0.413. The lowest BCUT2D eigenvalue weighted by molar-refractivity contribution is 0.105. The Labute approximate surface area is 127 Å². The van der Waals surface area contributed by atoms with Crippen LogP contribution in [0, 0.1) is 0 Å². The van der Waals surface area contributed by atoms with E-state index in [0.29, 0.717) is 17.1 Å². The molecule has 1 saturated heterocycles. The van der Waals surface area contributed by atoms with Gasteiger partial charge in [0.2, 0.25) is 0 Å². The summed E-state index contributed by atoms with van der Waals surface area (Å²) in [5, 5.41) is 7.13. The van der Waals surface area contributed by atoms with Gasteiger partial charge in [-0.3, -0.25) is 0 Å². The Kier molecular flexibility index (Phi) is 5.80. The highest BCUT2D eigenvalue weighted by atomic mass is 32.1. The van der Waals surface area contributed by atoms with Gasteiger partial charge in [0, 0.05) is 18.8 Å². The van der Waals surface area contributed by atoms with Crippen LogP contribution in [0.15, 0.2) is 24.3 Å². The molecule has 2 rings (SSSR count). The lowest BCUT2D eigenvalue weighted by atomic mass is 10.0. The molecule has 1 aliphatic rings. The predicted octanol–water partition coefficient (Wildman–Crippen LogP) is 3.67. The molecule has 0 aliphatic carbocycles. The largest absolute Gasteiger partial charge is 0.378 e. The molecule has 0 bridgehead atoms. The summed E-state index contributed by atoms with van der Waals surface area (Å²) in [5.74, 6) is 0.556. The molecule has 0 amide bonds. The van der Waals surface area contributed by atoms with Crippen LogP contribution < -0.4 is 10.6 Å². The molecular weight excluding hydrogens is 268 g/mol. The molecule has 1 atom stereocenters. The first-order chi connectivity index (χ1) is 9.65. The van der Waals surface area contributed by atoms with Gasteiger partial charge >= 0.3 is 0 Å². The Balaban J connectivity index is 1.70. The number of hydrogen-bond acceptors (Lipinski definition) is 2. The van der Waals surface area contributed by atoms with E-state index in [1.54, 1.807) is 0 Å². The van der Waals surface area contributed by atoms with Gasteiger partial charge in [0.25, 0.3) is 0 Å². The van der Waals surface area contributed by atoms with Gasteiger partial charge in [-0.05, 0) is 55.1 Å². The number of nitrogens with one attached hydrogen (secondary N) is 2. The number of anilines is 1. The summed E-state index contributed by atoms with van der Waals surface area (Å²) in [7, 11) is 0. The molecule has 1 heterocycles. The summed E-state index contributed by atoms with van der Waals surface area (Å²) >= 11 is 5.30. The lowest BCUT2D eigenvalue weighted by Gasteiger charge is -2.13. The van der Waals surface area contributed by atoms with E-state index in [-0.39, 0.29) is 0 Å². The fourth-order valence-corrected chi connectivity index (χ4v) is 2.57. The third kappa shape index (κ3) is 4.76. The Morgan fingerprint density at radius 3 is 2.70 bits per heavy atom. The second kappa shape index (κ2) is 7.60. The van der Waals surface area contributed by atoms with Crippen LogP contribution in [0.2, 0.25) is 0 Å². The third-order valence-corrected chi connectivity index (χ3v) is 3.86. The molecule has 0 saturated carbocycles. The van der Waals surface area contributed by atoms with Gasteiger partial charge in [-0.25, -0.2) is 0 Å². The highest BCUT2D eigenvalue weighted by molar-refractivity contribution is 7.80. The summed E-state index contributed by atoms with van der Waals surface area (Å²) in [6.07, 6.45) is 3.80. The van der Waals surface area contributed by atoms with Crippen LogP contribution in [-0.2, 0) is 4.74 Å². The van der Waals surface area contributed by atoms with Crippen molar-refractivity contribution < 1.29 is 4.74 Å². The molecule has 1 aromatic carbocycles. The van der Waals surface area contributed by atoms with Crippen molar-refractivity contribution in [1.29, 1.82) is 0 Å². The Morgan fingerprint density at radius 2 is 2.10 bits per heavy atom. The quantitative estimate of drug-likeness (QED) is 0.811. The summed E-state index contributed by atoms with van der Waals surface area (Å²) in [4.78, 5) is 0. The first-order valence-electron chi connectivity index (χ1n) is 7.41. The van der Waals surface area contributed by atoms with E-state index < -0.39 is 0 Å². The number of hydrogen-bond donors (Lipinski definition) is 2. The number of rotatable bonds is 5. The van der Waals surface area contributed by atoms with Crippen LogP contribution in [-0.4, -0.2) is 24.4 Å². The topological polar surface area (TPSA) is 33.3 Å². The van der Waals surface area contributed by atoms with Crippen molar-refractivity contribution in [3.8, 4) is 0 Å². The molecule has 110 valence electrons. The van der Waals surface area contributed by atoms with Crippen molar-refractivity contribution in [3.05, 3.63) is 29.8 Å². The minimum absolute atomic E-state index is 0.413. The van der Waals surface area contributed by atoms with Crippen LogP contribution in [0.4, 0.5) is 5.69 Å². The zero-order valence-electron chi connectivity index (χ0n) is 12.3. The molecule has 0 aromatic heterocycles. The van der Waals surface area contributed by atoms with Gasteiger partial charge in [-0.2, -0.15) is 0 Å². The zero-order valence-corrected chi connectivity index (χ0v) is 13.1. The standard InChI is InChI=1S/C16H24N2OS/c1-12(2)13-5-7-14(8-6-13)18-16(20)17-10-9-15-4-3-11-19-15/h5-8,12,15H,3-4,9-11H2,1-2H3,(H2,17,18,20). The second-order valence-electron chi connectivity index (χ2n) is 5.58. The lowest BCUT2D eigenvalue weighted by Crippen LogP contribution is -2.30. The second-order valence-corrected chi connectivity index (χ2v) is 5.99. The van der Waals surface area contributed by atoms with E-state index in [2.05, 4.69) is 48.7 Å². The molecule has 1 fully saturated rings. The fourth-order valence-electron chi connectivity index (χ4n) is 2.35. The molecule has 2 N–H and O–H groups in total. The van der Waals surface area contributed by atoms with Gasteiger partial charge in [0.15, 0.2) is 5.11 Å². The van der Waals surface area contributed by atoms with Gasteiger partial charge in [-0.15, -0.1) is 0 Å². The smallest absolute Gasteiger partial charge is 0.170 e. The third-order valence-electron chi connectivity index (χ3n) is 3.61. The Hall–Kier alpha value is -1.13. The highest BCUT2D eigenvalue weighted by Gasteiger charge is 2.14. The van der Waals surface area contributed by atoms with Crippen molar-refractivity contribution in [1.82, 2.24) is 5.32 Å². The molecule has 1 aromatic rings. The number of benzene rings is 1. The maximum Gasteiger partial charge on any atom is 0.170 e. The van der Waals surface area contributed by atoms with E-state index >= 15 is 0 Å². The van der Waals surface area contributed by atoms with Gasteiger partial charge in [0.05, 0.1) is 6.10 Å². The molecule has 1 unspecified atom stereocenters. The van der Waals surface area contributed by atoms with Gasteiger partial charge < -0.3 is 15.4 Å². The van der Waals surface area contributed by atoms with Crippen molar-refractivity contribution in [2.75, 3.05) is 18.5 Å². The van der Waals surface area contributed by atoms with Crippen LogP contribution >= 0.6 is 12.2 Å². The molecule has 3 nitrogen and oxygen atoms in total. The summed E-state index contributed by atoms with van der Waals surface area (Å²) < 4.78 is 5.58. The zero-order chi connectivity index (χ0) is 14.4. The van der Waals surface area contributed by atoms with Crippen molar-refractivity contribution in [2.24, 2.45) is 0 Å². The summed E-state index contributed by atoms with van der Waals surface area (Å²) in [5.41, 5.74) is 2.37. The van der Waals surface area contributed by atoms with Crippen LogP contribution in [0.25, 0.3) is 0 Å². The SMILES string of the molecule is CC(C)c1ccc(NC(=S)NCCC2CCCO2)cc1. The average molecular weight is 292 g/mol. The number of thiocarbonyl (C=S) groups is 1.